The highest BCUT2D eigenvalue weighted by Crippen LogP contribution is 2.16. The van der Waals surface area contributed by atoms with Crippen molar-refractivity contribution in [1.82, 2.24) is 4.98 Å². The fourth-order valence-corrected chi connectivity index (χ4v) is 1.27. The van der Waals surface area contributed by atoms with Crippen molar-refractivity contribution in [3.05, 3.63) is 29.6 Å². The summed E-state index contributed by atoms with van der Waals surface area (Å²) in [6, 6.07) is 3.99. The van der Waals surface area contributed by atoms with Gasteiger partial charge >= 0.3 is 5.97 Å². The van der Waals surface area contributed by atoms with Gasteiger partial charge in [-0.3, -0.25) is 4.98 Å². The van der Waals surface area contributed by atoms with Gasteiger partial charge in [-0.2, -0.15) is 0 Å². The first kappa shape index (κ1) is 12.6. The molecule has 0 aromatic carbocycles. The second kappa shape index (κ2) is 5.55. The summed E-state index contributed by atoms with van der Waals surface area (Å²) < 4.78 is 18.1. The van der Waals surface area contributed by atoms with Crippen molar-refractivity contribution in [2.24, 2.45) is 5.73 Å². The number of nitrogens with two attached hydrogens (primary N) is 1. The zero-order valence-corrected chi connectivity index (χ0v) is 9.31. The van der Waals surface area contributed by atoms with Crippen molar-refractivity contribution in [3.8, 4) is 0 Å². The second-order valence-corrected chi connectivity index (χ2v) is 3.38. The van der Waals surface area contributed by atoms with Crippen LogP contribution in [0.3, 0.4) is 0 Å². The predicted molar refractivity (Wildman–Crippen MR) is 57.4 cm³/mol. The molecule has 5 heteroatoms. The minimum atomic E-state index is -1.88. The van der Waals surface area contributed by atoms with Crippen LogP contribution in [0.1, 0.15) is 24.4 Å². The van der Waals surface area contributed by atoms with Gasteiger partial charge in [-0.15, -0.1) is 0 Å². The van der Waals surface area contributed by atoms with E-state index in [1.807, 2.05) is 0 Å². The number of ether oxygens (including phenoxy) is 1. The summed E-state index contributed by atoms with van der Waals surface area (Å²) in [5, 5.41) is 0. The largest absolute Gasteiger partial charge is 0.464 e. The van der Waals surface area contributed by atoms with Gasteiger partial charge in [0, 0.05) is 5.69 Å². The number of carbonyl (C=O) groups excluding carboxylic acids is 1. The van der Waals surface area contributed by atoms with E-state index < -0.39 is 18.2 Å². The fourth-order valence-electron chi connectivity index (χ4n) is 1.27. The number of pyridine rings is 1. The van der Waals surface area contributed by atoms with Crippen LogP contribution in [-0.2, 0) is 9.53 Å². The summed E-state index contributed by atoms with van der Waals surface area (Å²) in [6.07, 6.45) is -1.88. The van der Waals surface area contributed by atoms with Crippen molar-refractivity contribution in [2.45, 2.75) is 26.1 Å². The van der Waals surface area contributed by atoms with Gasteiger partial charge < -0.3 is 10.5 Å². The maximum absolute atomic E-state index is 13.6. The molecule has 0 saturated heterocycles. The number of aromatic nitrogens is 1. The average Bonchev–Trinajstić information content (AvgIpc) is 2.27. The zero-order valence-electron chi connectivity index (χ0n) is 9.31. The van der Waals surface area contributed by atoms with Crippen molar-refractivity contribution in [1.29, 1.82) is 0 Å². The topological polar surface area (TPSA) is 65.2 Å². The van der Waals surface area contributed by atoms with Gasteiger partial charge in [0.2, 0.25) is 6.17 Å². The molecule has 0 aliphatic rings. The van der Waals surface area contributed by atoms with Crippen LogP contribution in [0.15, 0.2) is 18.2 Å². The molecule has 2 atom stereocenters. The third kappa shape index (κ3) is 3.00. The van der Waals surface area contributed by atoms with Crippen LogP contribution in [0.25, 0.3) is 0 Å². The number of rotatable bonds is 4. The summed E-state index contributed by atoms with van der Waals surface area (Å²) in [4.78, 5) is 15.2. The van der Waals surface area contributed by atoms with Gasteiger partial charge in [-0.1, -0.05) is 6.07 Å². The molecule has 0 amide bonds. The van der Waals surface area contributed by atoms with E-state index in [0.29, 0.717) is 5.69 Å². The van der Waals surface area contributed by atoms with E-state index in [0.717, 1.165) is 5.69 Å². The molecule has 1 aromatic heterocycles. The molecule has 16 heavy (non-hydrogen) atoms. The van der Waals surface area contributed by atoms with E-state index >= 15 is 0 Å². The first-order valence-electron chi connectivity index (χ1n) is 5.06. The third-order valence-electron chi connectivity index (χ3n) is 2.08. The molecule has 0 aliphatic carbocycles. The van der Waals surface area contributed by atoms with E-state index in [1.165, 1.54) is 0 Å². The molecule has 0 spiro atoms. The van der Waals surface area contributed by atoms with Gasteiger partial charge in [-0.25, -0.2) is 9.18 Å². The number of nitrogens with zero attached hydrogens (tertiary/aromatic N) is 1. The molecule has 0 saturated carbocycles. The Labute approximate surface area is 93.6 Å². The fraction of sp³-hybridized carbons (Fsp3) is 0.455. The van der Waals surface area contributed by atoms with Gasteiger partial charge in [0.15, 0.2) is 0 Å². The maximum atomic E-state index is 13.6. The second-order valence-electron chi connectivity index (χ2n) is 3.38. The SMILES string of the molecule is CCOC(=O)C(F)[C@H](N)c1cccc(C)n1. The Morgan fingerprint density at radius 1 is 1.62 bits per heavy atom. The molecule has 1 unspecified atom stereocenters. The molecule has 2 N–H and O–H groups in total. The summed E-state index contributed by atoms with van der Waals surface area (Å²) >= 11 is 0. The van der Waals surface area contributed by atoms with E-state index in [4.69, 9.17) is 5.73 Å². The Balaban J connectivity index is 2.77. The van der Waals surface area contributed by atoms with Crippen LogP contribution < -0.4 is 5.73 Å². The molecule has 1 aromatic rings. The van der Waals surface area contributed by atoms with E-state index in [-0.39, 0.29) is 6.61 Å². The van der Waals surface area contributed by atoms with Crippen molar-refractivity contribution < 1.29 is 13.9 Å². The summed E-state index contributed by atoms with van der Waals surface area (Å²) in [5.41, 5.74) is 6.67. The normalized spacial score (nSPS) is 14.2. The molecule has 4 nitrogen and oxygen atoms in total. The van der Waals surface area contributed by atoms with Crippen molar-refractivity contribution in [3.63, 3.8) is 0 Å². The maximum Gasteiger partial charge on any atom is 0.342 e. The number of alkyl halides is 1. The molecule has 0 fully saturated rings. The quantitative estimate of drug-likeness (QED) is 0.786. The Hall–Kier alpha value is -1.49. The lowest BCUT2D eigenvalue weighted by Gasteiger charge is -2.15. The molecule has 0 aliphatic heterocycles. The lowest BCUT2D eigenvalue weighted by Crippen LogP contribution is -2.32. The first-order chi connectivity index (χ1) is 7.56. The van der Waals surface area contributed by atoms with Crippen LogP contribution in [-0.4, -0.2) is 23.7 Å². The zero-order chi connectivity index (χ0) is 12.1. The van der Waals surface area contributed by atoms with Gasteiger partial charge in [0.1, 0.15) is 0 Å². The van der Waals surface area contributed by atoms with Gasteiger partial charge in [-0.05, 0) is 26.0 Å². The van der Waals surface area contributed by atoms with Crippen LogP contribution in [0, 0.1) is 6.92 Å². The number of esters is 1. The Morgan fingerprint density at radius 3 is 2.88 bits per heavy atom. The molecule has 1 heterocycles. The molecule has 0 radical (unpaired) electrons. The minimum absolute atomic E-state index is 0.132. The van der Waals surface area contributed by atoms with E-state index in [9.17, 15) is 9.18 Å². The van der Waals surface area contributed by atoms with Crippen LogP contribution in [0.4, 0.5) is 4.39 Å². The highest BCUT2D eigenvalue weighted by molar-refractivity contribution is 5.75. The van der Waals surface area contributed by atoms with Gasteiger partial charge in [0.05, 0.1) is 18.3 Å². The van der Waals surface area contributed by atoms with Crippen molar-refractivity contribution >= 4 is 5.97 Å². The average molecular weight is 226 g/mol. The number of hydrogen-bond donors (Lipinski definition) is 1. The van der Waals surface area contributed by atoms with Gasteiger partial charge in [0.25, 0.3) is 0 Å². The van der Waals surface area contributed by atoms with E-state index in [1.54, 1.807) is 32.0 Å². The van der Waals surface area contributed by atoms with Crippen LogP contribution in [0.2, 0.25) is 0 Å². The first-order valence-corrected chi connectivity index (χ1v) is 5.06. The van der Waals surface area contributed by atoms with Crippen molar-refractivity contribution in [2.75, 3.05) is 6.61 Å². The number of carbonyl (C=O) groups is 1. The number of halogens is 1. The Kier molecular flexibility index (Phi) is 4.37. The van der Waals surface area contributed by atoms with E-state index in [2.05, 4.69) is 9.72 Å². The van der Waals surface area contributed by atoms with Crippen LogP contribution in [0.5, 0.6) is 0 Å². The lowest BCUT2D eigenvalue weighted by atomic mass is 10.1. The number of aryl methyl sites for hydroxylation is 1. The molecule has 88 valence electrons. The molecule has 0 bridgehead atoms. The minimum Gasteiger partial charge on any atom is -0.464 e. The smallest absolute Gasteiger partial charge is 0.342 e. The third-order valence-corrected chi connectivity index (χ3v) is 2.08. The molecular formula is C11H15FN2O2. The predicted octanol–water partition coefficient (Wildman–Crippen LogP) is 1.29. The summed E-state index contributed by atoms with van der Waals surface area (Å²) in [7, 11) is 0. The highest BCUT2D eigenvalue weighted by Gasteiger charge is 2.28. The van der Waals surface area contributed by atoms with Crippen LogP contribution >= 0.6 is 0 Å². The molecule has 1 rings (SSSR count). The summed E-state index contributed by atoms with van der Waals surface area (Å²) in [5.74, 6) is -0.946. The molecular weight excluding hydrogens is 211 g/mol. The highest BCUT2D eigenvalue weighted by atomic mass is 19.1. The lowest BCUT2D eigenvalue weighted by molar-refractivity contribution is -0.150. The Morgan fingerprint density at radius 2 is 2.31 bits per heavy atom. The Bertz CT molecular complexity index is 371. The standard InChI is InChI=1S/C11H15FN2O2/c1-3-16-11(15)9(12)10(13)8-6-4-5-7(2)14-8/h4-6,9-10H,3,13H2,1-2H3/t9?,10-/m1/s1. The monoisotopic (exact) mass is 226 g/mol. The number of hydrogen-bond acceptors (Lipinski definition) is 4. The summed E-state index contributed by atoms with van der Waals surface area (Å²) in [6.45, 7) is 3.52.